The highest BCUT2D eigenvalue weighted by Crippen LogP contribution is 2.34. The van der Waals surface area contributed by atoms with E-state index < -0.39 is 0 Å². The van der Waals surface area contributed by atoms with E-state index in [1.165, 1.54) is 0 Å². The molecule has 0 aliphatic carbocycles. The molecule has 1 aromatic heterocycles. The minimum absolute atomic E-state index is 0.669. The zero-order valence-corrected chi connectivity index (χ0v) is 14.5. The third-order valence-electron chi connectivity index (χ3n) is 4.66. The maximum Gasteiger partial charge on any atom is 0.220 e. The lowest BCUT2D eigenvalue weighted by Gasteiger charge is -2.11. The number of nitrogens with one attached hydrogen (secondary N) is 1. The van der Waals surface area contributed by atoms with E-state index in [0.717, 1.165) is 45.2 Å². The number of aryl methyl sites for hydroxylation is 1. The summed E-state index contributed by atoms with van der Waals surface area (Å²) in [4.78, 5) is 3.18. The maximum absolute atomic E-state index is 7.04. The third-order valence-corrected chi connectivity index (χ3v) is 4.66. The highest BCUT2D eigenvalue weighted by Gasteiger charge is 2.23. The molecule has 0 unspecified atom stereocenters. The lowest BCUT2D eigenvalue weighted by Crippen LogP contribution is -2.36. The van der Waals surface area contributed by atoms with Gasteiger partial charge in [-0.3, -0.25) is 0 Å². The molecule has 1 heterocycles. The summed E-state index contributed by atoms with van der Waals surface area (Å²) >= 11 is 0. The molecule has 3 N–H and O–H groups in total. The number of benzene rings is 3. The van der Waals surface area contributed by atoms with Crippen LogP contribution in [0.5, 0.6) is 0 Å². The number of nitrogens with two attached hydrogens (primary N) is 1. The van der Waals surface area contributed by atoms with Gasteiger partial charge in [0.1, 0.15) is 12.1 Å². The molecule has 0 amide bonds. The quantitative estimate of drug-likeness (QED) is 0.182. The molecule has 3 aromatic carbocycles. The second-order valence-corrected chi connectivity index (χ2v) is 6.17. The number of nitrogen functional groups attached to an aromatic ring is 1. The normalized spacial score (nSPS) is 10.8. The SMILES string of the molecule is CC[n+]1c(-c2ccccc2)c2cc(N=[N+]=N)ccc2c2ccc(N)cc21. The fourth-order valence-corrected chi connectivity index (χ4v) is 3.58. The van der Waals surface area contributed by atoms with Gasteiger partial charge in [0.25, 0.3) is 0 Å². The molecule has 4 rings (SSSR count). The second-order valence-electron chi connectivity index (χ2n) is 6.17. The van der Waals surface area contributed by atoms with E-state index in [2.05, 4.69) is 39.7 Å². The number of fused-ring (bicyclic) bond motifs is 3. The van der Waals surface area contributed by atoms with Crippen LogP contribution < -0.4 is 15.2 Å². The van der Waals surface area contributed by atoms with Gasteiger partial charge >= 0.3 is 0 Å². The summed E-state index contributed by atoms with van der Waals surface area (Å²) in [6, 6.07) is 22.3. The zero-order valence-electron chi connectivity index (χ0n) is 14.5. The van der Waals surface area contributed by atoms with Gasteiger partial charge in [-0.15, -0.1) is 0 Å². The van der Waals surface area contributed by atoms with Crippen molar-refractivity contribution in [3.8, 4) is 11.3 Å². The van der Waals surface area contributed by atoms with Crippen LogP contribution in [0, 0.1) is 5.53 Å². The number of anilines is 1. The summed E-state index contributed by atoms with van der Waals surface area (Å²) in [5.74, 6) is 0. The predicted molar refractivity (Wildman–Crippen MR) is 104 cm³/mol. The first-order valence-electron chi connectivity index (χ1n) is 8.54. The lowest BCUT2D eigenvalue weighted by atomic mass is 9.98. The highest BCUT2D eigenvalue weighted by atomic mass is 15.1. The first kappa shape index (κ1) is 15.9. The molecule has 5 heteroatoms. The zero-order chi connectivity index (χ0) is 18.1. The van der Waals surface area contributed by atoms with E-state index in [-0.39, 0.29) is 0 Å². The standard InChI is InChI=1S/C21H18N5/c1-2-26-20-12-15(22)8-10-18(20)17-11-9-16(24-25-23)13-19(17)21(26)14-6-4-3-5-7-14/h3-13,22-23H,2H2,1H3/q+1/p+1. The van der Waals surface area contributed by atoms with Gasteiger partial charge in [-0.05, 0) is 43.3 Å². The molecule has 126 valence electrons. The van der Waals surface area contributed by atoms with Crippen LogP contribution in [0.3, 0.4) is 0 Å². The van der Waals surface area contributed by atoms with Gasteiger partial charge in [-0.25, -0.2) is 0 Å². The highest BCUT2D eigenvalue weighted by molar-refractivity contribution is 6.10. The van der Waals surface area contributed by atoms with Crippen molar-refractivity contribution in [1.82, 2.24) is 4.91 Å². The van der Waals surface area contributed by atoms with Crippen molar-refractivity contribution in [1.29, 1.82) is 5.53 Å². The van der Waals surface area contributed by atoms with Crippen molar-refractivity contribution in [2.75, 3.05) is 5.73 Å². The predicted octanol–water partition coefficient (Wildman–Crippen LogP) is 4.73. The van der Waals surface area contributed by atoms with E-state index >= 15 is 0 Å². The van der Waals surface area contributed by atoms with Gasteiger partial charge in [0.05, 0.1) is 10.8 Å². The second kappa shape index (κ2) is 6.39. The third kappa shape index (κ3) is 2.51. The molecular formula is C21H19N5+2. The van der Waals surface area contributed by atoms with Gasteiger partial charge in [-0.1, -0.05) is 24.3 Å². The van der Waals surface area contributed by atoms with Gasteiger partial charge in [0.2, 0.25) is 16.1 Å². The molecule has 0 spiro atoms. The molecule has 26 heavy (non-hydrogen) atoms. The molecule has 0 radical (unpaired) electrons. The van der Waals surface area contributed by atoms with Crippen molar-refractivity contribution in [3.63, 3.8) is 0 Å². The summed E-state index contributed by atoms with van der Waals surface area (Å²) in [6.45, 7) is 2.94. The van der Waals surface area contributed by atoms with E-state index in [0.29, 0.717) is 5.69 Å². The Bertz CT molecular complexity index is 1180. The van der Waals surface area contributed by atoms with Crippen LogP contribution in [-0.4, -0.2) is 0 Å². The molecule has 0 aliphatic heterocycles. The van der Waals surface area contributed by atoms with Crippen LogP contribution in [-0.2, 0) is 6.54 Å². The Kier molecular flexibility index (Phi) is 3.92. The number of rotatable bonds is 3. The van der Waals surface area contributed by atoms with Crippen LogP contribution >= 0.6 is 0 Å². The molecule has 4 aromatic rings. The van der Waals surface area contributed by atoms with Crippen LogP contribution in [0.25, 0.3) is 32.9 Å². The Morgan fingerprint density at radius 3 is 2.46 bits per heavy atom. The number of aromatic nitrogens is 1. The fourth-order valence-electron chi connectivity index (χ4n) is 3.58. The van der Waals surface area contributed by atoms with Gasteiger partial charge in [0.15, 0.2) is 10.8 Å². The Hall–Kier alpha value is -3.56. The summed E-state index contributed by atoms with van der Waals surface area (Å²) in [5.41, 5.74) is 17.9. The van der Waals surface area contributed by atoms with Crippen molar-refractivity contribution < 1.29 is 4.57 Å². The minimum atomic E-state index is 0.669. The Morgan fingerprint density at radius 2 is 1.73 bits per heavy atom. The lowest BCUT2D eigenvalue weighted by molar-refractivity contribution is -0.655. The van der Waals surface area contributed by atoms with Crippen molar-refractivity contribution in [2.24, 2.45) is 5.11 Å². The number of nitrogens with zero attached hydrogens (tertiary/aromatic N) is 3. The molecule has 0 saturated carbocycles. The largest absolute Gasteiger partial charge is 0.399 e. The summed E-state index contributed by atoms with van der Waals surface area (Å²) in [5, 5.41) is 7.26. The van der Waals surface area contributed by atoms with Crippen molar-refractivity contribution >= 4 is 33.1 Å². The van der Waals surface area contributed by atoms with Crippen molar-refractivity contribution in [2.45, 2.75) is 13.5 Å². The van der Waals surface area contributed by atoms with E-state index in [4.69, 9.17) is 11.3 Å². The molecule has 0 atom stereocenters. The Balaban J connectivity index is 2.25. The first-order valence-corrected chi connectivity index (χ1v) is 8.54. The monoisotopic (exact) mass is 341 g/mol. The van der Waals surface area contributed by atoms with Crippen LogP contribution in [0.2, 0.25) is 0 Å². The summed E-state index contributed by atoms with van der Waals surface area (Å²) in [7, 11) is 0. The molecule has 0 aliphatic rings. The Morgan fingerprint density at radius 1 is 0.962 bits per heavy atom. The van der Waals surface area contributed by atoms with E-state index in [1.54, 1.807) is 0 Å². The Labute approximate surface area is 150 Å². The van der Waals surface area contributed by atoms with Gasteiger partial charge < -0.3 is 5.73 Å². The summed E-state index contributed by atoms with van der Waals surface area (Å²) in [6.07, 6.45) is 0. The number of pyridine rings is 1. The molecule has 0 fully saturated rings. The topological polar surface area (TPSA) is 80.2 Å². The molecule has 5 nitrogen and oxygen atoms in total. The van der Waals surface area contributed by atoms with Crippen LogP contribution in [0.15, 0.2) is 71.8 Å². The summed E-state index contributed by atoms with van der Waals surface area (Å²) < 4.78 is 2.28. The van der Waals surface area contributed by atoms with E-state index in [1.807, 2.05) is 48.5 Å². The molecule has 0 bridgehead atoms. The minimum Gasteiger partial charge on any atom is -0.399 e. The average Bonchev–Trinajstić information content (AvgIpc) is 2.67. The molecular weight excluding hydrogens is 322 g/mol. The first-order chi connectivity index (χ1) is 12.7. The maximum atomic E-state index is 7.04. The average molecular weight is 341 g/mol. The van der Waals surface area contributed by atoms with Crippen molar-refractivity contribution in [3.05, 3.63) is 66.7 Å². The van der Waals surface area contributed by atoms with E-state index in [9.17, 15) is 0 Å². The smallest absolute Gasteiger partial charge is 0.220 e. The van der Waals surface area contributed by atoms with Gasteiger partial charge in [0, 0.05) is 22.7 Å². The van der Waals surface area contributed by atoms with Crippen LogP contribution in [0.1, 0.15) is 6.92 Å². The van der Waals surface area contributed by atoms with Gasteiger partial charge in [-0.2, -0.15) is 4.57 Å². The molecule has 0 saturated heterocycles. The number of hydrogen-bond acceptors (Lipinski definition) is 3. The fraction of sp³-hybridized carbons (Fsp3) is 0.0952. The van der Waals surface area contributed by atoms with Crippen LogP contribution in [0.4, 0.5) is 11.4 Å². The number of hydrogen-bond donors (Lipinski definition) is 2.